The summed E-state index contributed by atoms with van der Waals surface area (Å²) in [5.41, 5.74) is 3.40. The van der Waals surface area contributed by atoms with Crippen molar-refractivity contribution in [2.45, 2.75) is 6.92 Å². The molecule has 27 heavy (non-hydrogen) atoms. The van der Waals surface area contributed by atoms with E-state index in [1.54, 1.807) is 24.4 Å². The lowest BCUT2D eigenvalue weighted by Crippen LogP contribution is -2.21. The highest BCUT2D eigenvalue weighted by Gasteiger charge is 2.12. The number of carboxylic acid groups (broad SMARTS) is 1. The Morgan fingerprint density at radius 2 is 1.85 bits per heavy atom. The molecule has 0 fully saturated rings. The zero-order valence-electron chi connectivity index (χ0n) is 14.7. The SMILES string of the molecule is Cc1cccc(-c2ccc(OCC(=O)Nc3ccccc3C(=O)O)nc2)c1. The van der Waals surface area contributed by atoms with Crippen molar-refractivity contribution in [3.63, 3.8) is 0 Å². The molecule has 2 aromatic carbocycles. The second kappa shape index (κ2) is 8.14. The number of rotatable bonds is 6. The Kier molecular flexibility index (Phi) is 5.47. The van der Waals surface area contributed by atoms with Crippen molar-refractivity contribution in [1.82, 2.24) is 4.98 Å². The van der Waals surface area contributed by atoms with Crippen LogP contribution in [0.4, 0.5) is 5.69 Å². The second-order valence-electron chi connectivity index (χ2n) is 5.94. The molecule has 0 saturated carbocycles. The highest BCUT2D eigenvalue weighted by Crippen LogP contribution is 2.21. The number of nitrogens with one attached hydrogen (secondary N) is 1. The van der Waals surface area contributed by atoms with Crippen LogP contribution in [0.25, 0.3) is 11.1 Å². The summed E-state index contributed by atoms with van der Waals surface area (Å²) in [7, 11) is 0. The van der Waals surface area contributed by atoms with Gasteiger partial charge in [-0.2, -0.15) is 0 Å². The lowest BCUT2D eigenvalue weighted by Gasteiger charge is -2.09. The number of carboxylic acids is 1. The zero-order chi connectivity index (χ0) is 19.2. The van der Waals surface area contributed by atoms with E-state index < -0.39 is 11.9 Å². The number of hydrogen-bond donors (Lipinski definition) is 2. The summed E-state index contributed by atoms with van der Waals surface area (Å²) < 4.78 is 5.38. The van der Waals surface area contributed by atoms with Crippen molar-refractivity contribution in [3.05, 3.63) is 78.0 Å². The minimum atomic E-state index is -1.11. The van der Waals surface area contributed by atoms with Crippen LogP contribution in [-0.2, 0) is 4.79 Å². The third-order valence-corrected chi connectivity index (χ3v) is 3.87. The number of amides is 1. The highest BCUT2D eigenvalue weighted by atomic mass is 16.5. The predicted molar refractivity (Wildman–Crippen MR) is 102 cm³/mol. The summed E-state index contributed by atoms with van der Waals surface area (Å²) in [6.07, 6.45) is 1.68. The van der Waals surface area contributed by atoms with E-state index in [4.69, 9.17) is 9.84 Å². The average molecular weight is 362 g/mol. The smallest absolute Gasteiger partial charge is 0.337 e. The third kappa shape index (κ3) is 4.70. The number of pyridine rings is 1. The third-order valence-electron chi connectivity index (χ3n) is 3.87. The number of para-hydroxylation sites is 1. The van der Waals surface area contributed by atoms with Crippen LogP contribution in [0, 0.1) is 6.92 Å². The Balaban J connectivity index is 1.60. The van der Waals surface area contributed by atoms with Crippen LogP contribution in [-0.4, -0.2) is 28.6 Å². The number of aryl methyl sites for hydroxylation is 1. The van der Waals surface area contributed by atoms with E-state index >= 15 is 0 Å². The number of hydrogen-bond acceptors (Lipinski definition) is 4. The van der Waals surface area contributed by atoms with Gasteiger partial charge in [0, 0.05) is 17.8 Å². The summed E-state index contributed by atoms with van der Waals surface area (Å²) in [4.78, 5) is 27.4. The molecule has 6 heteroatoms. The molecule has 0 atom stereocenters. The highest BCUT2D eigenvalue weighted by molar-refractivity contribution is 6.00. The van der Waals surface area contributed by atoms with Crippen LogP contribution >= 0.6 is 0 Å². The maximum absolute atomic E-state index is 12.0. The lowest BCUT2D eigenvalue weighted by atomic mass is 10.1. The Morgan fingerprint density at radius 1 is 1.04 bits per heavy atom. The van der Waals surface area contributed by atoms with E-state index in [1.165, 1.54) is 12.1 Å². The van der Waals surface area contributed by atoms with Crippen molar-refractivity contribution in [1.29, 1.82) is 0 Å². The molecule has 2 N–H and O–H groups in total. The van der Waals surface area contributed by atoms with Crippen LogP contribution in [0.3, 0.4) is 0 Å². The molecule has 0 spiro atoms. The number of aromatic nitrogens is 1. The van der Waals surface area contributed by atoms with Gasteiger partial charge in [-0.05, 0) is 30.7 Å². The molecular weight excluding hydrogens is 344 g/mol. The van der Waals surface area contributed by atoms with Gasteiger partial charge in [0.05, 0.1) is 11.3 Å². The van der Waals surface area contributed by atoms with Crippen molar-refractivity contribution >= 4 is 17.6 Å². The Hall–Kier alpha value is -3.67. The Bertz CT molecular complexity index is 968. The van der Waals surface area contributed by atoms with Gasteiger partial charge in [0.15, 0.2) is 6.61 Å². The van der Waals surface area contributed by atoms with Gasteiger partial charge in [-0.15, -0.1) is 0 Å². The fourth-order valence-electron chi connectivity index (χ4n) is 2.57. The molecule has 3 rings (SSSR count). The molecule has 1 amide bonds. The maximum Gasteiger partial charge on any atom is 0.337 e. The normalized spacial score (nSPS) is 10.3. The number of ether oxygens (including phenoxy) is 1. The number of carbonyl (C=O) groups excluding carboxylic acids is 1. The fourth-order valence-corrected chi connectivity index (χ4v) is 2.57. The van der Waals surface area contributed by atoms with Crippen molar-refractivity contribution < 1.29 is 19.4 Å². The van der Waals surface area contributed by atoms with E-state index in [2.05, 4.69) is 16.4 Å². The van der Waals surface area contributed by atoms with E-state index in [0.29, 0.717) is 5.88 Å². The van der Waals surface area contributed by atoms with Crippen molar-refractivity contribution in [2.24, 2.45) is 0 Å². The van der Waals surface area contributed by atoms with Crippen molar-refractivity contribution in [2.75, 3.05) is 11.9 Å². The van der Waals surface area contributed by atoms with Gasteiger partial charge in [0.1, 0.15) is 0 Å². The van der Waals surface area contributed by atoms with E-state index in [-0.39, 0.29) is 17.9 Å². The minimum absolute atomic E-state index is 0.0199. The van der Waals surface area contributed by atoms with E-state index in [1.807, 2.05) is 31.2 Å². The summed E-state index contributed by atoms with van der Waals surface area (Å²) in [5.74, 6) is -1.26. The molecule has 0 aliphatic rings. The first-order valence-corrected chi connectivity index (χ1v) is 8.31. The number of anilines is 1. The first kappa shape index (κ1) is 18.1. The molecule has 1 heterocycles. The van der Waals surface area contributed by atoms with E-state index in [0.717, 1.165) is 16.7 Å². The van der Waals surface area contributed by atoms with Gasteiger partial charge in [0.2, 0.25) is 5.88 Å². The van der Waals surface area contributed by atoms with Gasteiger partial charge in [0.25, 0.3) is 5.91 Å². The molecule has 0 unspecified atom stereocenters. The van der Waals surface area contributed by atoms with Crippen molar-refractivity contribution in [3.8, 4) is 17.0 Å². The molecule has 0 saturated heterocycles. The van der Waals surface area contributed by atoms with Crippen LogP contribution in [0.2, 0.25) is 0 Å². The summed E-state index contributed by atoms with van der Waals surface area (Å²) in [6.45, 7) is 1.75. The second-order valence-corrected chi connectivity index (χ2v) is 5.94. The van der Waals surface area contributed by atoms with E-state index in [9.17, 15) is 9.59 Å². The first-order chi connectivity index (χ1) is 13.0. The van der Waals surface area contributed by atoms with Gasteiger partial charge in [-0.25, -0.2) is 9.78 Å². The zero-order valence-corrected chi connectivity index (χ0v) is 14.7. The quantitative estimate of drug-likeness (QED) is 0.697. The molecule has 1 aromatic heterocycles. The molecule has 0 aliphatic heterocycles. The van der Waals surface area contributed by atoms with Crippen LogP contribution in [0.15, 0.2) is 66.9 Å². The largest absolute Gasteiger partial charge is 0.478 e. The molecule has 0 bridgehead atoms. The number of benzene rings is 2. The topological polar surface area (TPSA) is 88.5 Å². The minimum Gasteiger partial charge on any atom is -0.478 e. The standard InChI is InChI=1S/C21H18N2O4/c1-14-5-4-6-15(11-14)16-9-10-20(22-12-16)27-13-19(24)23-18-8-3-2-7-17(18)21(25)26/h2-12H,13H2,1H3,(H,23,24)(H,25,26). The number of aromatic carboxylic acids is 1. The van der Waals surface area contributed by atoms with Gasteiger partial charge in [-0.3, -0.25) is 4.79 Å². The van der Waals surface area contributed by atoms with Gasteiger partial charge >= 0.3 is 5.97 Å². The summed E-state index contributed by atoms with van der Waals surface area (Å²) >= 11 is 0. The lowest BCUT2D eigenvalue weighted by molar-refractivity contribution is -0.118. The maximum atomic E-state index is 12.0. The molecule has 0 radical (unpaired) electrons. The summed E-state index contributed by atoms with van der Waals surface area (Å²) in [5, 5.41) is 11.7. The number of carbonyl (C=O) groups is 2. The predicted octanol–water partition coefficient (Wildman–Crippen LogP) is 3.77. The first-order valence-electron chi connectivity index (χ1n) is 8.31. The molecule has 136 valence electrons. The van der Waals surface area contributed by atoms with Crippen LogP contribution < -0.4 is 10.1 Å². The monoisotopic (exact) mass is 362 g/mol. The average Bonchev–Trinajstić information content (AvgIpc) is 2.67. The van der Waals surface area contributed by atoms with Crippen LogP contribution in [0.1, 0.15) is 15.9 Å². The Labute approximate surface area is 156 Å². The fraction of sp³-hybridized carbons (Fsp3) is 0.0952. The summed E-state index contributed by atoms with van der Waals surface area (Å²) in [6, 6.07) is 17.8. The Morgan fingerprint density at radius 3 is 2.56 bits per heavy atom. The molecule has 6 nitrogen and oxygen atoms in total. The number of nitrogens with zero attached hydrogens (tertiary/aromatic N) is 1. The van der Waals surface area contributed by atoms with Gasteiger partial charge < -0.3 is 15.2 Å². The van der Waals surface area contributed by atoms with Crippen LogP contribution in [0.5, 0.6) is 5.88 Å². The molecule has 0 aliphatic carbocycles. The molecule has 3 aromatic rings. The molecular formula is C21H18N2O4. The van der Waals surface area contributed by atoms with Gasteiger partial charge in [-0.1, -0.05) is 42.0 Å².